The van der Waals surface area contributed by atoms with Crippen molar-refractivity contribution in [3.8, 4) is 5.75 Å². The first-order chi connectivity index (χ1) is 17.6. The Morgan fingerprint density at radius 1 is 0.750 bits per heavy atom. The predicted octanol–water partition coefficient (Wildman–Crippen LogP) is 4.90. The molecular weight excluding hydrogens is 454 g/mol. The Balaban J connectivity index is 1.24. The van der Waals surface area contributed by atoms with E-state index < -0.39 is 11.8 Å². The lowest BCUT2D eigenvalue weighted by molar-refractivity contribution is -0.120. The van der Waals surface area contributed by atoms with Gasteiger partial charge in [-0.05, 0) is 60.9 Å². The minimum atomic E-state index is -0.455. The van der Waals surface area contributed by atoms with Gasteiger partial charge in [-0.3, -0.25) is 25.2 Å². The molecule has 3 aromatic carbocycles. The molecule has 3 aromatic rings. The van der Waals surface area contributed by atoms with E-state index in [2.05, 4.69) is 16.2 Å². The van der Waals surface area contributed by atoms with E-state index in [1.807, 2.05) is 30.3 Å². The van der Waals surface area contributed by atoms with Crippen LogP contribution in [0, 0.1) is 5.92 Å². The van der Waals surface area contributed by atoms with Crippen molar-refractivity contribution in [2.24, 2.45) is 5.92 Å². The molecule has 0 bridgehead atoms. The van der Waals surface area contributed by atoms with E-state index >= 15 is 0 Å². The fourth-order valence-corrected chi connectivity index (χ4v) is 4.23. The summed E-state index contributed by atoms with van der Waals surface area (Å²) < 4.78 is 5.78. The average molecular weight is 486 g/mol. The van der Waals surface area contributed by atoms with Gasteiger partial charge in [-0.1, -0.05) is 55.7 Å². The molecule has 0 spiro atoms. The number of hydrogen-bond acceptors (Lipinski definition) is 4. The quantitative estimate of drug-likeness (QED) is 0.395. The van der Waals surface area contributed by atoms with Crippen molar-refractivity contribution in [2.45, 2.75) is 38.5 Å². The first-order valence-electron chi connectivity index (χ1n) is 12.4. The Bertz CT molecular complexity index is 1170. The van der Waals surface area contributed by atoms with Crippen LogP contribution in [0.5, 0.6) is 5.75 Å². The van der Waals surface area contributed by atoms with E-state index in [4.69, 9.17) is 4.74 Å². The van der Waals surface area contributed by atoms with Crippen LogP contribution in [0.3, 0.4) is 0 Å². The molecule has 0 saturated heterocycles. The number of amides is 3. The van der Waals surface area contributed by atoms with E-state index in [9.17, 15) is 14.4 Å². The molecule has 3 amide bonds. The van der Waals surface area contributed by atoms with E-state index in [-0.39, 0.29) is 11.8 Å². The summed E-state index contributed by atoms with van der Waals surface area (Å²) >= 11 is 0. The maximum Gasteiger partial charge on any atom is 0.269 e. The van der Waals surface area contributed by atoms with Gasteiger partial charge in [-0.15, -0.1) is 0 Å². The first-order valence-corrected chi connectivity index (χ1v) is 12.4. The van der Waals surface area contributed by atoms with Crippen LogP contribution in [0.4, 0.5) is 5.69 Å². The van der Waals surface area contributed by atoms with Crippen LogP contribution in [-0.4, -0.2) is 24.3 Å². The van der Waals surface area contributed by atoms with Gasteiger partial charge >= 0.3 is 0 Å². The summed E-state index contributed by atoms with van der Waals surface area (Å²) in [6.45, 7) is 0.489. The molecule has 36 heavy (non-hydrogen) atoms. The number of hydrogen-bond donors (Lipinski definition) is 3. The number of rotatable bonds is 8. The molecule has 3 N–H and O–H groups in total. The third kappa shape index (κ3) is 7.18. The van der Waals surface area contributed by atoms with Gasteiger partial charge in [-0.25, -0.2) is 0 Å². The molecule has 0 atom stereocenters. The zero-order chi connectivity index (χ0) is 25.2. The predicted molar refractivity (Wildman–Crippen MR) is 139 cm³/mol. The smallest absolute Gasteiger partial charge is 0.269 e. The van der Waals surface area contributed by atoms with E-state index in [0.29, 0.717) is 29.2 Å². The number of carbonyl (C=O) groups excluding carboxylic acids is 3. The molecule has 0 unspecified atom stereocenters. The van der Waals surface area contributed by atoms with Gasteiger partial charge in [0.15, 0.2) is 0 Å². The number of anilines is 1. The molecule has 1 aliphatic carbocycles. The Morgan fingerprint density at radius 3 is 2.17 bits per heavy atom. The second kappa shape index (κ2) is 12.5. The maximum atomic E-state index is 12.5. The van der Waals surface area contributed by atoms with E-state index in [0.717, 1.165) is 32.1 Å². The van der Waals surface area contributed by atoms with Gasteiger partial charge in [0.2, 0.25) is 5.91 Å². The summed E-state index contributed by atoms with van der Waals surface area (Å²) in [5, 5.41) is 2.93. The molecule has 7 nitrogen and oxygen atoms in total. The largest absolute Gasteiger partial charge is 0.493 e. The van der Waals surface area contributed by atoms with Crippen LogP contribution in [-0.2, 0) is 11.2 Å². The monoisotopic (exact) mass is 485 g/mol. The molecule has 0 radical (unpaired) electrons. The summed E-state index contributed by atoms with van der Waals surface area (Å²) in [5.41, 5.74) is 7.42. The molecule has 4 rings (SSSR count). The summed E-state index contributed by atoms with van der Waals surface area (Å²) in [7, 11) is 0. The highest BCUT2D eigenvalue weighted by molar-refractivity contribution is 5.99. The van der Waals surface area contributed by atoms with E-state index in [1.165, 1.54) is 12.0 Å². The van der Waals surface area contributed by atoms with Crippen molar-refractivity contribution in [1.29, 1.82) is 0 Å². The fourth-order valence-electron chi connectivity index (χ4n) is 4.23. The van der Waals surface area contributed by atoms with E-state index in [1.54, 1.807) is 48.5 Å². The van der Waals surface area contributed by atoms with Crippen LogP contribution in [0.15, 0.2) is 78.9 Å². The number of benzene rings is 3. The van der Waals surface area contributed by atoms with Crippen molar-refractivity contribution in [3.05, 3.63) is 95.6 Å². The summed E-state index contributed by atoms with van der Waals surface area (Å²) in [6, 6.07) is 23.4. The summed E-state index contributed by atoms with van der Waals surface area (Å²) in [4.78, 5) is 37.4. The third-order valence-corrected chi connectivity index (χ3v) is 6.28. The summed E-state index contributed by atoms with van der Waals surface area (Å²) in [6.07, 6.45) is 5.99. The van der Waals surface area contributed by atoms with Gasteiger partial charge in [0, 0.05) is 29.2 Å². The molecular formula is C29H31N3O4. The first kappa shape index (κ1) is 25.0. The molecule has 186 valence electrons. The van der Waals surface area contributed by atoms with Gasteiger partial charge in [0.05, 0.1) is 6.61 Å². The zero-order valence-corrected chi connectivity index (χ0v) is 20.2. The van der Waals surface area contributed by atoms with Crippen LogP contribution in [0.2, 0.25) is 0 Å². The molecule has 0 heterocycles. The van der Waals surface area contributed by atoms with Gasteiger partial charge < -0.3 is 10.1 Å². The maximum absolute atomic E-state index is 12.5. The second-order valence-corrected chi connectivity index (χ2v) is 8.92. The molecule has 0 aromatic heterocycles. The third-order valence-electron chi connectivity index (χ3n) is 6.28. The highest BCUT2D eigenvalue weighted by Gasteiger charge is 2.21. The zero-order valence-electron chi connectivity index (χ0n) is 20.2. The van der Waals surface area contributed by atoms with Crippen molar-refractivity contribution < 1.29 is 19.1 Å². The molecule has 1 fully saturated rings. The molecule has 1 aliphatic rings. The molecule has 7 heteroatoms. The molecule has 0 aliphatic heterocycles. The Labute approximate surface area is 211 Å². The SMILES string of the molecule is O=C(NNC(=O)c1cccc(OCCc2ccccc2)c1)c1ccc(NC(=O)C2CCCCC2)cc1. The Kier molecular flexibility index (Phi) is 8.70. The minimum Gasteiger partial charge on any atom is -0.493 e. The Morgan fingerprint density at radius 2 is 1.44 bits per heavy atom. The van der Waals surface area contributed by atoms with Crippen LogP contribution in [0.25, 0.3) is 0 Å². The lowest BCUT2D eigenvalue weighted by atomic mass is 9.88. The lowest BCUT2D eigenvalue weighted by Gasteiger charge is -2.20. The van der Waals surface area contributed by atoms with Gasteiger partial charge in [0.1, 0.15) is 5.75 Å². The van der Waals surface area contributed by atoms with Crippen LogP contribution >= 0.6 is 0 Å². The summed E-state index contributed by atoms with van der Waals surface area (Å²) in [5.74, 6) is -0.233. The molecule has 1 saturated carbocycles. The Hall–Kier alpha value is -4.13. The normalized spacial score (nSPS) is 13.4. The fraction of sp³-hybridized carbons (Fsp3) is 0.276. The van der Waals surface area contributed by atoms with Crippen molar-refractivity contribution in [1.82, 2.24) is 10.9 Å². The minimum absolute atomic E-state index is 0.0328. The van der Waals surface area contributed by atoms with Gasteiger partial charge in [-0.2, -0.15) is 0 Å². The highest BCUT2D eigenvalue weighted by atomic mass is 16.5. The topological polar surface area (TPSA) is 96.5 Å². The highest BCUT2D eigenvalue weighted by Crippen LogP contribution is 2.25. The van der Waals surface area contributed by atoms with Crippen LogP contribution in [0.1, 0.15) is 58.4 Å². The van der Waals surface area contributed by atoms with Crippen molar-refractivity contribution in [2.75, 3.05) is 11.9 Å². The lowest BCUT2D eigenvalue weighted by Crippen LogP contribution is -2.41. The van der Waals surface area contributed by atoms with Crippen molar-refractivity contribution in [3.63, 3.8) is 0 Å². The number of nitrogens with one attached hydrogen (secondary N) is 3. The number of carbonyl (C=O) groups is 3. The van der Waals surface area contributed by atoms with Crippen LogP contribution < -0.4 is 20.9 Å². The second-order valence-electron chi connectivity index (χ2n) is 8.92. The number of ether oxygens (including phenoxy) is 1. The van der Waals surface area contributed by atoms with Crippen molar-refractivity contribution >= 4 is 23.4 Å². The van der Waals surface area contributed by atoms with Gasteiger partial charge in [0.25, 0.3) is 11.8 Å². The standard InChI is InChI=1S/C29H31N3O4/c33-27(22-10-5-2-6-11-22)30-25-16-14-23(15-17-25)28(34)31-32-29(35)24-12-7-13-26(20-24)36-19-18-21-8-3-1-4-9-21/h1,3-4,7-9,12-17,20,22H,2,5-6,10-11,18-19H2,(H,30,33)(H,31,34)(H,32,35). The number of hydrazine groups is 1. The average Bonchev–Trinajstić information content (AvgIpc) is 2.93.